The fourth-order valence-corrected chi connectivity index (χ4v) is 3.48. The first-order chi connectivity index (χ1) is 12.3. The molecule has 2 aromatic rings. The standard InChI is InChI=1S/C19H30N6O/c1-12(2)25-14(4)16(13(3)22-25)11-24(6)19(26)21-17(15-7-8-15)18-20-9-10-23(18)5/h9-10,12,15,17H,7-8,11H2,1-6H3,(H,21,26)/t17-/m0/s1. The van der Waals surface area contributed by atoms with Crippen molar-refractivity contribution in [2.45, 2.75) is 59.2 Å². The molecule has 1 atom stereocenters. The second-order valence-electron chi connectivity index (χ2n) is 7.70. The molecule has 2 amide bonds. The Morgan fingerprint density at radius 3 is 2.58 bits per heavy atom. The summed E-state index contributed by atoms with van der Waals surface area (Å²) in [5.74, 6) is 1.41. The number of nitrogens with zero attached hydrogens (tertiary/aromatic N) is 5. The molecule has 2 aromatic heterocycles. The summed E-state index contributed by atoms with van der Waals surface area (Å²) in [6, 6.07) is 0.218. The van der Waals surface area contributed by atoms with Gasteiger partial charge >= 0.3 is 6.03 Å². The summed E-state index contributed by atoms with van der Waals surface area (Å²) in [6.45, 7) is 8.86. The molecule has 7 heteroatoms. The third-order valence-corrected chi connectivity index (χ3v) is 5.21. The van der Waals surface area contributed by atoms with Crippen molar-refractivity contribution in [2.75, 3.05) is 7.05 Å². The molecule has 1 saturated carbocycles. The zero-order valence-corrected chi connectivity index (χ0v) is 16.7. The van der Waals surface area contributed by atoms with E-state index < -0.39 is 0 Å². The maximum atomic E-state index is 12.8. The van der Waals surface area contributed by atoms with E-state index in [0.29, 0.717) is 18.5 Å². The molecule has 0 aromatic carbocycles. The van der Waals surface area contributed by atoms with Crippen LogP contribution >= 0.6 is 0 Å². The maximum Gasteiger partial charge on any atom is 0.318 e. The molecule has 0 spiro atoms. The van der Waals surface area contributed by atoms with Crippen molar-refractivity contribution in [1.29, 1.82) is 0 Å². The highest BCUT2D eigenvalue weighted by Gasteiger charge is 2.36. The fraction of sp³-hybridized carbons (Fsp3) is 0.632. The van der Waals surface area contributed by atoms with Gasteiger partial charge < -0.3 is 14.8 Å². The van der Waals surface area contributed by atoms with Crippen LogP contribution in [0.5, 0.6) is 0 Å². The van der Waals surface area contributed by atoms with Crippen molar-refractivity contribution in [2.24, 2.45) is 13.0 Å². The number of aromatic nitrogens is 4. The van der Waals surface area contributed by atoms with E-state index in [2.05, 4.69) is 36.2 Å². The number of rotatable bonds is 6. The minimum Gasteiger partial charge on any atom is -0.336 e. The summed E-state index contributed by atoms with van der Waals surface area (Å²) in [5, 5.41) is 7.81. The molecule has 1 fully saturated rings. The summed E-state index contributed by atoms with van der Waals surface area (Å²) in [4.78, 5) is 19.0. The van der Waals surface area contributed by atoms with Gasteiger partial charge in [-0.3, -0.25) is 4.68 Å². The highest BCUT2D eigenvalue weighted by molar-refractivity contribution is 5.74. The van der Waals surface area contributed by atoms with Crippen molar-refractivity contribution < 1.29 is 4.79 Å². The second-order valence-corrected chi connectivity index (χ2v) is 7.70. The highest BCUT2D eigenvalue weighted by atomic mass is 16.2. The van der Waals surface area contributed by atoms with Crippen LogP contribution in [0.4, 0.5) is 4.79 Å². The fourth-order valence-electron chi connectivity index (χ4n) is 3.48. The summed E-state index contributed by atoms with van der Waals surface area (Å²) in [6.07, 6.45) is 5.99. The van der Waals surface area contributed by atoms with Gasteiger partial charge in [-0.1, -0.05) is 0 Å². The molecule has 0 bridgehead atoms. The topological polar surface area (TPSA) is 68.0 Å². The van der Waals surface area contributed by atoms with Gasteiger partial charge in [0, 0.05) is 43.8 Å². The highest BCUT2D eigenvalue weighted by Crippen LogP contribution is 2.40. The van der Waals surface area contributed by atoms with E-state index in [9.17, 15) is 4.79 Å². The van der Waals surface area contributed by atoms with Gasteiger partial charge in [-0.15, -0.1) is 0 Å². The number of amides is 2. The molecule has 1 aliphatic carbocycles. The molecular weight excluding hydrogens is 328 g/mol. The van der Waals surface area contributed by atoms with Crippen LogP contribution < -0.4 is 5.32 Å². The predicted octanol–water partition coefficient (Wildman–Crippen LogP) is 3.11. The van der Waals surface area contributed by atoms with Crippen LogP contribution in [0, 0.1) is 19.8 Å². The monoisotopic (exact) mass is 358 g/mol. The summed E-state index contributed by atoms with van der Waals surface area (Å²) >= 11 is 0. The first kappa shape index (κ1) is 18.5. The van der Waals surface area contributed by atoms with E-state index in [-0.39, 0.29) is 12.1 Å². The van der Waals surface area contributed by atoms with E-state index >= 15 is 0 Å². The molecule has 1 aliphatic rings. The molecule has 0 aliphatic heterocycles. The number of urea groups is 1. The molecule has 1 N–H and O–H groups in total. The number of imidazole rings is 1. The molecule has 0 radical (unpaired) electrons. The number of nitrogens with one attached hydrogen (secondary N) is 1. The third-order valence-electron chi connectivity index (χ3n) is 5.21. The van der Waals surface area contributed by atoms with Crippen molar-refractivity contribution >= 4 is 6.03 Å². The molecule has 26 heavy (non-hydrogen) atoms. The Morgan fingerprint density at radius 1 is 1.38 bits per heavy atom. The lowest BCUT2D eigenvalue weighted by molar-refractivity contribution is 0.200. The number of carbonyl (C=O) groups is 1. The van der Waals surface area contributed by atoms with E-state index in [4.69, 9.17) is 0 Å². The normalized spacial score (nSPS) is 15.3. The lowest BCUT2D eigenvalue weighted by Crippen LogP contribution is -2.40. The molecule has 3 rings (SSSR count). The van der Waals surface area contributed by atoms with Gasteiger partial charge in [-0.25, -0.2) is 9.78 Å². The van der Waals surface area contributed by atoms with Crippen LogP contribution in [0.1, 0.15) is 61.5 Å². The van der Waals surface area contributed by atoms with Gasteiger partial charge in [0.2, 0.25) is 0 Å². The van der Waals surface area contributed by atoms with Gasteiger partial charge in [0.05, 0.1) is 18.3 Å². The predicted molar refractivity (Wildman–Crippen MR) is 101 cm³/mol. The Morgan fingerprint density at radius 2 is 2.08 bits per heavy atom. The van der Waals surface area contributed by atoms with Crippen molar-refractivity contribution in [3.05, 3.63) is 35.2 Å². The molecule has 0 saturated heterocycles. The first-order valence-corrected chi connectivity index (χ1v) is 9.33. The van der Waals surface area contributed by atoms with Crippen LogP contribution in [0.15, 0.2) is 12.4 Å². The Hall–Kier alpha value is -2.31. The van der Waals surface area contributed by atoms with Crippen LogP contribution in [0.2, 0.25) is 0 Å². The van der Waals surface area contributed by atoms with Crippen molar-refractivity contribution in [1.82, 2.24) is 29.5 Å². The van der Waals surface area contributed by atoms with Crippen LogP contribution in [0.3, 0.4) is 0 Å². The number of hydrogen-bond donors (Lipinski definition) is 1. The van der Waals surface area contributed by atoms with Gasteiger partial charge in [0.1, 0.15) is 5.82 Å². The summed E-state index contributed by atoms with van der Waals surface area (Å²) in [5.41, 5.74) is 3.23. The van der Waals surface area contributed by atoms with E-state index in [0.717, 1.165) is 35.6 Å². The summed E-state index contributed by atoms with van der Waals surface area (Å²) < 4.78 is 4.02. The minimum absolute atomic E-state index is 0.0227. The molecule has 7 nitrogen and oxygen atoms in total. The number of hydrogen-bond acceptors (Lipinski definition) is 3. The quantitative estimate of drug-likeness (QED) is 0.863. The van der Waals surface area contributed by atoms with Crippen LogP contribution in [-0.4, -0.2) is 37.3 Å². The number of aryl methyl sites for hydroxylation is 2. The zero-order valence-electron chi connectivity index (χ0n) is 16.7. The van der Waals surface area contributed by atoms with Crippen LogP contribution in [0.25, 0.3) is 0 Å². The largest absolute Gasteiger partial charge is 0.336 e. The van der Waals surface area contributed by atoms with Gasteiger partial charge in [-0.05, 0) is 46.5 Å². The van der Waals surface area contributed by atoms with Gasteiger partial charge in [0.25, 0.3) is 0 Å². The second kappa shape index (κ2) is 7.13. The average molecular weight is 358 g/mol. The van der Waals surface area contributed by atoms with Crippen molar-refractivity contribution in [3.63, 3.8) is 0 Å². The minimum atomic E-state index is -0.0685. The Bertz CT molecular complexity index is 786. The van der Waals surface area contributed by atoms with E-state index in [1.165, 1.54) is 0 Å². The Balaban J connectivity index is 1.71. The van der Waals surface area contributed by atoms with Crippen molar-refractivity contribution in [3.8, 4) is 0 Å². The smallest absolute Gasteiger partial charge is 0.318 e. The third kappa shape index (κ3) is 3.61. The lowest BCUT2D eigenvalue weighted by atomic mass is 10.1. The van der Waals surface area contributed by atoms with E-state index in [1.54, 1.807) is 11.1 Å². The Kier molecular flexibility index (Phi) is 5.07. The first-order valence-electron chi connectivity index (χ1n) is 9.33. The SMILES string of the molecule is Cc1nn(C(C)C)c(C)c1CN(C)C(=O)N[C@H](c1nccn1C)C1CC1. The molecule has 142 valence electrons. The number of carbonyl (C=O) groups excluding carboxylic acids is 1. The van der Waals surface area contributed by atoms with Gasteiger partial charge in [0.15, 0.2) is 0 Å². The van der Waals surface area contributed by atoms with Crippen LogP contribution in [-0.2, 0) is 13.6 Å². The summed E-state index contributed by atoms with van der Waals surface area (Å²) in [7, 11) is 3.81. The average Bonchev–Trinajstić information content (AvgIpc) is 3.28. The van der Waals surface area contributed by atoms with Gasteiger partial charge in [-0.2, -0.15) is 5.10 Å². The molecular formula is C19H30N6O. The Labute approximate surface area is 155 Å². The lowest BCUT2D eigenvalue weighted by Gasteiger charge is -2.23. The molecule has 2 heterocycles. The maximum absolute atomic E-state index is 12.8. The zero-order chi connectivity index (χ0) is 19.0. The van der Waals surface area contributed by atoms with E-state index in [1.807, 2.05) is 36.5 Å². The molecule has 0 unspecified atom stereocenters.